The van der Waals surface area contributed by atoms with Gasteiger partial charge in [-0.1, -0.05) is 42.5 Å². The molecule has 2 fully saturated rings. The summed E-state index contributed by atoms with van der Waals surface area (Å²) in [6.07, 6.45) is 7.84. The fraction of sp³-hybridized carbons (Fsp3) is 0.438. The van der Waals surface area contributed by atoms with Crippen LogP contribution in [0.5, 0.6) is 11.5 Å². The molecule has 1 amide bonds. The van der Waals surface area contributed by atoms with Crippen molar-refractivity contribution in [3.63, 3.8) is 0 Å². The van der Waals surface area contributed by atoms with Crippen LogP contribution in [0.15, 0.2) is 61.2 Å². The summed E-state index contributed by atoms with van der Waals surface area (Å²) in [4.78, 5) is 30.5. The molecule has 6 rings (SSSR count). The molecule has 0 unspecified atom stereocenters. The monoisotopic (exact) mass is 528 g/mol. The van der Waals surface area contributed by atoms with E-state index in [-0.39, 0.29) is 30.1 Å². The lowest BCUT2D eigenvalue weighted by Crippen LogP contribution is -2.79. The number of hydrogen-bond donors (Lipinski definition) is 0. The van der Waals surface area contributed by atoms with Crippen LogP contribution in [-0.2, 0) is 26.2 Å². The Morgan fingerprint density at radius 1 is 1.21 bits per heavy atom. The van der Waals surface area contributed by atoms with E-state index in [4.69, 9.17) is 14.2 Å². The average Bonchev–Trinajstić information content (AvgIpc) is 3.28. The summed E-state index contributed by atoms with van der Waals surface area (Å²) < 4.78 is 19.1. The number of carbonyl (C=O) groups excluding carboxylic acids is 2. The van der Waals surface area contributed by atoms with Gasteiger partial charge in [0.1, 0.15) is 11.7 Å². The van der Waals surface area contributed by atoms with E-state index in [1.807, 2.05) is 60.5 Å². The Morgan fingerprint density at radius 2 is 2.00 bits per heavy atom. The zero-order valence-electron chi connectivity index (χ0n) is 22.9. The first-order valence-corrected chi connectivity index (χ1v) is 13.8. The van der Waals surface area contributed by atoms with Gasteiger partial charge in [0.25, 0.3) is 0 Å². The predicted molar refractivity (Wildman–Crippen MR) is 149 cm³/mol. The number of ether oxygens (including phenoxy) is 3. The molecule has 204 valence electrons. The van der Waals surface area contributed by atoms with E-state index in [1.165, 1.54) is 12.5 Å². The third-order valence-electron chi connectivity index (χ3n) is 9.46. The Hall–Kier alpha value is -3.58. The van der Waals surface area contributed by atoms with E-state index in [0.717, 1.165) is 42.8 Å². The summed E-state index contributed by atoms with van der Waals surface area (Å²) in [5.74, 6) is 1.05. The second-order valence-corrected chi connectivity index (χ2v) is 11.2. The molecule has 0 radical (unpaired) electrons. The molecule has 2 heterocycles. The molecule has 1 saturated carbocycles. The van der Waals surface area contributed by atoms with Crippen LogP contribution >= 0.6 is 0 Å². The molecule has 0 aromatic heterocycles. The summed E-state index contributed by atoms with van der Waals surface area (Å²) in [5.41, 5.74) is 1.93. The summed E-state index contributed by atoms with van der Waals surface area (Å²) in [6, 6.07) is 13.7. The Kier molecular flexibility index (Phi) is 6.29. The number of rotatable bonds is 7. The van der Waals surface area contributed by atoms with Gasteiger partial charge in [-0.25, -0.2) is 0 Å². The molecule has 2 aromatic carbocycles. The zero-order chi connectivity index (χ0) is 27.4. The van der Waals surface area contributed by atoms with E-state index < -0.39 is 11.0 Å². The quantitative estimate of drug-likeness (QED) is 0.306. The second kappa shape index (κ2) is 9.56. The lowest BCUT2D eigenvalue weighted by Gasteiger charge is -2.65. The zero-order valence-corrected chi connectivity index (χ0v) is 22.9. The maximum atomic E-state index is 13.5. The third-order valence-corrected chi connectivity index (χ3v) is 9.46. The minimum Gasteiger partial charge on any atom is -0.493 e. The van der Waals surface area contributed by atoms with Gasteiger partial charge in [0.05, 0.1) is 24.6 Å². The predicted octanol–water partition coefficient (Wildman–Crippen LogP) is 4.15. The number of likely N-dealkylation sites (tertiary alicyclic amines) is 1. The number of carbonyl (C=O) groups is 2. The number of benzene rings is 2. The normalized spacial score (nSPS) is 30.3. The first-order chi connectivity index (χ1) is 18.9. The Labute approximate surface area is 230 Å². The molecule has 1 spiro atoms. The SMILES string of the molecule is C=CCN1CC[C@]23c4c5ccc(OC)c4O[C@H]2[C@@H](N(C)C(=O)C=Cc2ccccc2)CC[C@@]3(OC(C)=O)[C@H]1C5. The molecule has 7 nitrogen and oxygen atoms in total. The van der Waals surface area contributed by atoms with Crippen LogP contribution in [0.2, 0.25) is 0 Å². The Morgan fingerprint density at radius 3 is 2.72 bits per heavy atom. The highest BCUT2D eigenvalue weighted by molar-refractivity contribution is 5.92. The van der Waals surface area contributed by atoms with Gasteiger partial charge in [-0.15, -0.1) is 6.58 Å². The average molecular weight is 529 g/mol. The summed E-state index contributed by atoms with van der Waals surface area (Å²) in [5, 5.41) is 0. The van der Waals surface area contributed by atoms with E-state index in [0.29, 0.717) is 18.6 Å². The van der Waals surface area contributed by atoms with Crippen LogP contribution in [0.25, 0.3) is 6.08 Å². The third kappa shape index (κ3) is 3.66. The highest BCUT2D eigenvalue weighted by Crippen LogP contribution is 2.67. The molecular weight excluding hydrogens is 492 g/mol. The number of likely N-dealkylation sites (N-methyl/N-ethyl adjacent to an activating group) is 1. The van der Waals surface area contributed by atoms with Crippen molar-refractivity contribution in [1.82, 2.24) is 9.80 Å². The van der Waals surface area contributed by atoms with Gasteiger partial charge in [0, 0.05) is 38.7 Å². The smallest absolute Gasteiger partial charge is 0.303 e. The maximum absolute atomic E-state index is 13.5. The standard InChI is InChI=1S/C32H36N2O5/c1-5-18-34-19-17-31-28-23-12-13-25(37-4)29(28)38-30(31)24(15-16-32(31,26(34)20-23)39-21(2)35)33(3)27(36)14-11-22-9-7-6-8-10-22/h5-14,24,26,30H,1,15-20H2,2-4H3/t24-,26+,30-,31-,32+/m0/s1. The number of nitrogens with zero attached hydrogens (tertiary/aromatic N) is 2. The van der Waals surface area contributed by atoms with E-state index in [1.54, 1.807) is 13.2 Å². The highest BCUT2D eigenvalue weighted by Gasteiger charge is 2.75. The number of methoxy groups -OCH3 is 1. The van der Waals surface area contributed by atoms with Crippen LogP contribution in [0.3, 0.4) is 0 Å². The molecule has 2 aliphatic heterocycles. The molecule has 39 heavy (non-hydrogen) atoms. The van der Waals surface area contributed by atoms with E-state index in [9.17, 15) is 9.59 Å². The van der Waals surface area contributed by atoms with Gasteiger partial charge >= 0.3 is 5.97 Å². The van der Waals surface area contributed by atoms with E-state index >= 15 is 0 Å². The van der Waals surface area contributed by atoms with Crippen molar-refractivity contribution in [3.05, 3.63) is 77.9 Å². The summed E-state index contributed by atoms with van der Waals surface area (Å²) >= 11 is 0. The van der Waals surface area contributed by atoms with Crippen LogP contribution in [0, 0.1) is 0 Å². The van der Waals surface area contributed by atoms with Crippen molar-refractivity contribution in [3.8, 4) is 11.5 Å². The van der Waals surface area contributed by atoms with Crippen LogP contribution < -0.4 is 9.47 Å². The van der Waals surface area contributed by atoms with Gasteiger partial charge in [-0.2, -0.15) is 0 Å². The molecule has 1 saturated heterocycles. The Bertz CT molecular complexity index is 1340. The summed E-state index contributed by atoms with van der Waals surface area (Å²) in [6.45, 7) is 7.04. The highest BCUT2D eigenvalue weighted by atomic mass is 16.6. The first kappa shape index (κ1) is 25.7. The molecule has 7 heteroatoms. The van der Waals surface area contributed by atoms with Crippen LogP contribution in [0.4, 0.5) is 0 Å². The molecule has 0 N–H and O–H groups in total. The maximum Gasteiger partial charge on any atom is 0.303 e. The number of hydrogen-bond acceptors (Lipinski definition) is 6. The van der Waals surface area contributed by atoms with Gasteiger partial charge in [-0.3, -0.25) is 14.5 Å². The minimum atomic E-state index is -0.768. The topological polar surface area (TPSA) is 68.3 Å². The lowest BCUT2D eigenvalue weighted by molar-refractivity contribution is -0.222. The fourth-order valence-electron chi connectivity index (χ4n) is 7.98. The van der Waals surface area contributed by atoms with Crippen molar-refractivity contribution >= 4 is 18.0 Å². The molecule has 2 aliphatic carbocycles. The van der Waals surface area contributed by atoms with Crippen molar-refractivity contribution in [2.24, 2.45) is 0 Å². The molecule has 2 bridgehead atoms. The number of esters is 1. The summed E-state index contributed by atoms with van der Waals surface area (Å²) in [7, 11) is 3.51. The van der Waals surface area contributed by atoms with Gasteiger partial charge in [0.2, 0.25) is 5.91 Å². The molecular formula is C32H36N2O5. The van der Waals surface area contributed by atoms with Crippen molar-refractivity contribution < 1.29 is 23.8 Å². The molecule has 5 atom stereocenters. The fourth-order valence-corrected chi connectivity index (χ4v) is 7.98. The van der Waals surface area contributed by atoms with Crippen LogP contribution in [-0.4, -0.2) is 72.7 Å². The van der Waals surface area contributed by atoms with E-state index in [2.05, 4.69) is 17.5 Å². The lowest BCUT2D eigenvalue weighted by atomic mass is 9.48. The second-order valence-electron chi connectivity index (χ2n) is 11.2. The minimum absolute atomic E-state index is 0.00831. The van der Waals surface area contributed by atoms with Gasteiger partial charge in [0.15, 0.2) is 11.5 Å². The van der Waals surface area contributed by atoms with Gasteiger partial charge in [-0.05, 0) is 49.0 Å². The van der Waals surface area contributed by atoms with Crippen molar-refractivity contribution in [2.75, 3.05) is 27.2 Å². The van der Waals surface area contributed by atoms with Crippen molar-refractivity contribution in [2.45, 2.75) is 61.8 Å². The number of amides is 1. The molecule has 4 aliphatic rings. The largest absolute Gasteiger partial charge is 0.493 e. The Balaban J connectivity index is 1.46. The van der Waals surface area contributed by atoms with Crippen molar-refractivity contribution in [1.29, 1.82) is 0 Å². The van der Waals surface area contributed by atoms with Crippen LogP contribution in [0.1, 0.15) is 42.9 Å². The first-order valence-electron chi connectivity index (χ1n) is 13.8. The van der Waals surface area contributed by atoms with Gasteiger partial charge < -0.3 is 19.1 Å². The number of piperidine rings is 1. The molecule has 2 aromatic rings.